The molecule has 1 heterocycles. The van der Waals surface area contributed by atoms with Crippen LogP contribution in [0.25, 0.3) is 5.69 Å². The Hall–Kier alpha value is -1.61. The fourth-order valence-electron chi connectivity index (χ4n) is 1.78. The van der Waals surface area contributed by atoms with Crippen LogP contribution in [-0.4, -0.2) is 16.1 Å². The number of imidazole rings is 1. The molecule has 1 aromatic carbocycles. The fraction of sp³-hybridized carbons (Fsp3) is 0.308. The summed E-state index contributed by atoms with van der Waals surface area (Å²) in [6.45, 7) is 4.84. The molecule has 0 saturated heterocycles. The van der Waals surface area contributed by atoms with Crippen LogP contribution in [-0.2, 0) is 0 Å². The third-order valence-corrected chi connectivity index (χ3v) is 2.81. The molecule has 0 spiro atoms. The van der Waals surface area contributed by atoms with E-state index in [-0.39, 0.29) is 0 Å². The third-order valence-electron chi connectivity index (χ3n) is 2.81. The van der Waals surface area contributed by atoms with E-state index in [2.05, 4.69) is 47.7 Å². The second-order valence-electron chi connectivity index (χ2n) is 4.16. The zero-order valence-corrected chi connectivity index (χ0v) is 9.72. The van der Waals surface area contributed by atoms with E-state index in [1.165, 1.54) is 5.56 Å². The number of aromatic nitrogens is 2. The van der Waals surface area contributed by atoms with Gasteiger partial charge in [0.1, 0.15) is 0 Å². The van der Waals surface area contributed by atoms with Crippen molar-refractivity contribution in [2.24, 2.45) is 5.73 Å². The van der Waals surface area contributed by atoms with Gasteiger partial charge in [-0.2, -0.15) is 0 Å². The van der Waals surface area contributed by atoms with E-state index in [9.17, 15) is 0 Å². The number of rotatable bonds is 3. The maximum Gasteiger partial charge on any atom is 0.0994 e. The lowest BCUT2D eigenvalue weighted by Gasteiger charge is -2.13. The Labute approximate surface area is 95.9 Å². The number of nitrogens with zero attached hydrogens (tertiary/aromatic N) is 2. The van der Waals surface area contributed by atoms with Crippen molar-refractivity contribution in [2.45, 2.75) is 19.8 Å². The van der Waals surface area contributed by atoms with E-state index >= 15 is 0 Å². The van der Waals surface area contributed by atoms with Crippen LogP contribution >= 0.6 is 0 Å². The molecule has 0 aliphatic carbocycles. The minimum absolute atomic E-state index is 0.322. The van der Waals surface area contributed by atoms with Crippen molar-refractivity contribution in [3.05, 3.63) is 48.0 Å². The van der Waals surface area contributed by atoms with Crippen molar-refractivity contribution in [1.82, 2.24) is 9.55 Å². The smallest absolute Gasteiger partial charge is 0.0994 e. The summed E-state index contributed by atoms with van der Waals surface area (Å²) in [6.07, 6.45) is 3.73. The lowest BCUT2D eigenvalue weighted by atomic mass is 10.1. The zero-order valence-electron chi connectivity index (χ0n) is 9.72. The van der Waals surface area contributed by atoms with Gasteiger partial charge in [-0.05, 0) is 24.6 Å². The molecular weight excluding hydrogens is 198 g/mol. The molecule has 3 nitrogen and oxygen atoms in total. The summed E-state index contributed by atoms with van der Waals surface area (Å²) in [6, 6.07) is 8.38. The van der Waals surface area contributed by atoms with E-state index in [1.807, 2.05) is 12.5 Å². The highest BCUT2D eigenvalue weighted by Crippen LogP contribution is 2.18. The standard InChI is InChI=1S/C13H17N3/c1-10-4-3-5-12(6-10)16-9-15-8-13(16)11(2)7-14/h3-6,8-9,11H,7,14H2,1-2H3. The van der Waals surface area contributed by atoms with Crippen molar-refractivity contribution in [3.63, 3.8) is 0 Å². The van der Waals surface area contributed by atoms with Gasteiger partial charge in [-0.15, -0.1) is 0 Å². The highest BCUT2D eigenvalue weighted by Gasteiger charge is 2.10. The minimum atomic E-state index is 0.322. The molecule has 0 saturated carbocycles. The summed E-state index contributed by atoms with van der Waals surface area (Å²) in [5.41, 5.74) is 9.25. The van der Waals surface area contributed by atoms with Gasteiger partial charge in [-0.25, -0.2) is 4.98 Å². The van der Waals surface area contributed by atoms with Crippen molar-refractivity contribution in [2.75, 3.05) is 6.54 Å². The molecule has 16 heavy (non-hydrogen) atoms. The Balaban J connectivity index is 2.44. The van der Waals surface area contributed by atoms with E-state index < -0.39 is 0 Å². The average molecular weight is 215 g/mol. The van der Waals surface area contributed by atoms with Gasteiger partial charge in [0.25, 0.3) is 0 Å². The van der Waals surface area contributed by atoms with Crippen LogP contribution in [0.4, 0.5) is 0 Å². The van der Waals surface area contributed by atoms with Crippen molar-refractivity contribution in [3.8, 4) is 5.69 Å². The molecule has 0 aliphatic heterocycles. The summed E-state index contributed by atoms with van der Waals surface area (Å²) >= 11 is 0. The number of hydrogen-bond donors (Lipinski definition) is 1. The quantitative estimate of drug-likeness (QED) is 0.853. The molecule has 2 rings (SSSR count). The maximum atomic E-state index is 5.70. The molecule has 1 aromatic heterocycles. The molecule has 2 N–H and O–H groups in total. The molecular formula is C13H17N3. The zero-order chi connectivity index (χ0) is 11.5. The van der Waals surface area contributed by atoms with Gasteiger partial charge in [-0.1, -0.05) is 19.1 Å². The van der Waals surface area contributed by atoms with Crippen molar-refractivity contribution < 1.29 is 0 Å². The van der Waals surface area contributed by atoms with Crippen molar-refractivity contribution >= 4 is 0 Å². The lowest BCUT2D eigenvalue weighted by molar-refractivity contribution is 0.723. The Bertz CT molecular complexity index is 474. The molecule has 1 unspecified atom stereocenters. The van der Waals surface area contributed by atoms with Gasteiger partial charge in [0.2, 0.25) is 0 Å². The Morgan fingerprint density at radius 2 is 2.25 bits per heavy atom. The van der Waals surface area contributed by atoms with Crippen molar-refractivity contribution in [1.29, 1.82) is 0 Å². The minimum Gasteiger partial charge on any atom is -0.330 e. The topological polar surface area (TPSA) is 43.8 Å². The lowest BCUT2D eigenvalue weighted by Crippen LogP contribution is -2.12. The monoisotopic (exact) mass is 215 g/mol. The van der Waals surface area contributed by atoms with Gasteiger partial charge >= 0.3 is 0 Å². The van der Waals surface area contributed by atoms with Crippen LogP contribution in [0, 0.1) is 6.92 Å². The number of nitrogens with two attached hydrogens (primary N) is 1. The second-order valence-corrected chi connectivity index (χ2v) is 4.16. The summed E-state index contributed by atoms with van der Waals surface area (Å²) in [5.74, 6) is 0.322. The summed E-state index contributed by atoms with van der Waals surface area (Å²) in [5, 5.41) is 0. The molecule has 0 amide bonds. The first-order valence-electron chi connectivity index (χ1n) is 5.51. The van der Waals surface area contributed by atoms with Gasteiger partial charge in [0, 0.05) is 30.0 Å². The van der Waals surface area contributed by atoms with Crippen LogP contribution in [0.2, 0.25) is 0 Å². The SMILES string of the molecule is Cc1cccc(-n2cncc2C(C)CN)c1. The van der Waals surface area contributed by atoms with Gasteiger partial charge in [0.05, 0.1) is 6.33 Å². The molecule has 84 valence electrons. The van der Waals surface area contributed by atoms with E-state index in [4.69, 9.17) is 5.73 Å². The highest BCUT2D eigenvalue weighted by atomic mass is 15.1. The molecule has 0 aliphatic rings. The molecule has 0 fully saturated rings. The largest absolute Gasteiger partial charge is 0.330 e. The number of benzene rings is 1. The Morgan fingerprint density at radius 1 is 1.44 bits per heavy atom. The Morgan fingerprint density at radius 3 is 2.94 bits per heavy atom. The maximum absolute atomic E-state index is 5.70. The average Bonchev–Trinajstić information content (AvgIpc) is 2.77. The van der Waals surface area contributed by atoms with Crippen LogP contribution in [0.1, 0.15) is 24.1 Å². The summed E-state index contributed by atoms with van der Waals surface area (Å²) < 4.78 is 2.10. The van der Waals surface area contributed by atoms with Crippen LogP contribution in [0.3, 0.4) is 0 Å². The van der Waals surface area contributed by atoms with Crippen LogP contribution in [0.5, 0.6) is 0 Å². The fourth-order valence-corrected chi connectivity index (χ4v) is 1.78. The molecule has 3 heteroatoms. The van der Waals surface area contributed by atoms with Gasteiger partial charge in [0.15, 0.2) is 0 Å². The van der Waals surface area contributed by atoms with Gasteiger partial charge in [-0.3, -0.25) is 0 Å². The first-order valence-corrected chi connectivity index (χ1v) is 5.51. The Kier molecular flexibility index (Phi) is 3.06. The van der Waals surface area contributed by atoms with Crippen LogP contribution < -0.4 is 5.73 Å². The highest BCUT2D eigenvalue weighted by molar-refractivity contribution is 5.37. The molecule has 1 atom stereocenters. The molecule has 2 aromatic rings. The number of hydrogen-bond acceptors (Lipinski definition) is 2. The summed E-state index contributed by atoms with van der Waals surface area (Å²) in [7, 11) is 0. The predicted octanol–water partition coefficient (Wildman–Crippen LogP) is 2.24. The number of aryl methyl sites for hydroxylation is 1. The van der Waals surface area contributed by atoms with Gasteiger partial charge < -0.3 is 10.3 Å². The predicted molar refractivity (Wildman–Crippen MR) is 65.8 cm³/mol. The van der Waals surface area contributed by atoms with E-state index in [0.717, 1.165) is 11.4 Å². The van der Waals surface area contributed by atoms with E-state index in [1.54, 1.807) is 0 Å². The van der Waals surface area contributed by atoms with Crippen LogP contribution in [0.15, 0.2) is 36.8 Å². The second kappa shape index (κ2) is 4.49. The molecule has 0 bridgehead atoms. The molecule has 0 radical (unpaired) electrons. The summed E-state index contributed by atoms with van der Waals surface area (Å²) in [4.78, 5) is 4.20. The first kappa shape index (κ1) is 10.9. The first-order chi connectivity index (χ1) is 7.72. The third kappa shape index (κ3) is 1.99. The van der Waals surface area contributed by atoms with E-state index in [0.29, 0.717) is 12.5 Å². The normalized spacial score (nSPS) is 12.7.